The number of hydrogen-bond donors (Lipinski definition) is 0. The monoisotopic (exact) mass is 386 g/mol. The number of nitrogens with zero attached hydrogens (tertiary/aromatic N) is 4. The van der Waals surface area contributed by atoms with Crippen LogP contribution in [0, 0.1) is 11.8 Å². The minimum Gasteiger partial charge on any atom is -0.495 e. The van der Waals surface area contributed by atoms with Crippen LogP contribution in [0.1, 0.15) is 6.42 Å². The fraction of sp³-hybridized carbons (Fsp3) is 0.619. The zero-order valence-corrected chi connectivity index (χ0v) is 16.8. The topological polar surface area (TPSA) is 56.3 Å². The molecule has 4 rings (SSSR count). The Morgan fingerprint density at radius 2 is 1.39 bits per heavy atom. The summed E-state index contributed by atoms with van der Waals surface area (Å²) >= 11 is 0. The van der Waals surface area contributed by atoms with Crippen LogP contribution in [-0.2, 0) is 9.59 Å². The third-order valence-electron chi connectivity index (χ3n) is 6.26. The van der Waals surface area contributed by atoms with Crippen molar-refractivity contribution >= 4 is 17.5 Å². The van der Waals surface area contributed by atoms with Gasteiger partial charge in [0.2, 0.25) is 11.8 Å². The SMILES string of the molecule is COc1ccccc1N1CCN(C(=O)C2CC2C(=O)N2CCN(C)CC2)CC1. The van der Waals surface area contributed by atoms with Crippen LogP contribution in [0.3, 0.4) is 0 Å². The molecule has 2 atom stereocenters. The normalized spacial score (nSPS) is 25.6. The Hall–Kier alpha value is -2.28. The second-order valence-corrected chi connectivity index (χ2v) is 8.06. The Morgan fingerprint density at radius 1 is 0.857 bits per heavy atom. The fourth-order valence-electron chi connectivity index (χ4n) is 4.30. The first-order valence-electron chi connectivity index (χ1n) is 10.2. The van der Waals surface area contributed by atoms with Crippen molar-refractivity contribution in [2.75, 3.05) is 71.4 Å². The van der Waals surface area contributed by atoms with Crippen molar-refractivity contribution in [3.8, 4) is 5.75 Å². The lowest BCUT2D eigenvalue weighted by Crippen LogP contribution is -2.50. The molecule has 152 valence electrons. The number of para-hydroxylation sites is 2. The van der Waals surface area contributed by atoms with Gasteiger partial charge in [-0.2, -0.15) is 0 Å². The summed E-state index contributed by atoms with van der Waals surface area (Å²) in [4.78, 5) is 34.0. The molecule has 2 unspecified atom stereocenters. The van der Waals surface area contributed by atoms with E-state index in [9.17, 15) is 9.59 Å². The van der Waals surface area contributed by atoms with Crippen molar-refractivity contribution < 1.29 is 14.3 Å². The van der Waals surface area contributed by atoms with E-state index in [4.69, 9.17) is 4.74 Å². The third kappa shape index (κ3) is 3.81. The Kier molecular flexibility index (Phi) is 5.44. The number of piperazine rings is 2. The molecule has 3 fully saturated rings. The Bertz CT molecular complexity index is 724. The fourth-order valence-corrected chi connectivity index (χ4v) is 4.30. The second-order valence-electron chi connectivity index (χ2n) is 8.06. The van der Waals surface area contributed by atoms with Gasteiger partial charge in [-0.25, -0.2) is 0 Å². The third-order valence-corrected chi connectivity index (χ3v) is 6.26. The standard InChI is InChI=1S/C21H30N4O3/c1-22-7-9-24(10-8-22)20(26)16-15-17(16)21(27)25-13-11-23(12-14-25)18-5-3-4-6-19(18)28-2/h3-6,16-17H,7-15H2,1-2H3. The number of methoxy groups -OCH3 is 1. The molecule has 2 aliphatic heterocycles. The molecule has 3 aliphatic rings. The maximum absolute atomic E-state index is 12.9. The largest absolute Gasteiger partial charge is 0.495 e. The van der Waals surface area contributed by atoms with E-state index < -0.39 is 0 Å². The number of carbonyl (C=O) groups is 2. The van der Waals surface area contributed by atoms with Crippen LogP contribution in [-0.4, -0.2) is 93.0 Å². The van der Waals surface area contributed by atoms with Gasteiger partial charge in [-0.15, -0.1) is 0 Å². The summed E-state index contributed by atoms with van der Waals surface area (Å²) in [7, 11) is 3.76. The molecule has 0 bridgehead atoms. The highest BCUT2D eigenvalue weighted by atomic mass is 16.5. The molecule has 1 aromatic rings. The molecule has 1 aromatic carbocycles. The minimum atomic E-state index is -0.107. The van der Waals surface area contributed by atoms with Crippen molar-refractivity contribution in [3.05, 3.63) is 24.3 Å². The highest BCUT2D eigenvalue weighted by molar-refractivity contribution is 5.92. The van der Waals surface area contributed by atoms with E-state index >= 15 is 0 Å². The summed E-state index contributed by atoms with van der Waals surface area (Å²) in [6.07, 6.45) is 0.719. The van der Waals surface area contributed by atoms with Gasteiger partial charge in [-0.05, 0) is 25.6 Å². The summed E-state index contributed by atoms with van der Waals surface area (Å²) in [5, 5.41) is 0. The van der Waals surface area contributed by atoms with Gasteiger partial charge in [0.1, 0.15) is 5.75 Å². The van der Waals surface area contributed by atoms with Crippen LogP contribution in [0.4, 0.5) is 5.69 Å². The van der Waals surface area contributed by atoms with Crippen molar-refractivity contribution in [1.82, 2.24) is 14.7 Å². The van der Waals surface area contributed by atoms with E-state index in [1.807, 2.05) is 28.0 Å². The van der Waals surface area contributed by atoms with E-state index in [0.717, 1.165) is 57.1 Å². The van der Waals surface area contributed by atoms with Gasteiger partial charge in [0.25, 0.3) is 0 Å². The van der Waals surface area contributed by atoms with Crippen LogP contribution in [0.2, 0.25) is 0 Å². The molecule has 0 aromatic heterocycles. The van der Waals surface area contributed by atoms with Crippen LogP contribution in [0.5, 0.6) is 5.75 Å². The van der Waals surface area contributed by atoms with Crippen molar-refractivity contribution in [2.24, 2.45) is 11.8 Å². The first-order valence-corrected chi connectivity index (χ1v) is 10.2. The number of amides is 2. The highest BCUT2D eigenvalue weighted by Gasteiger charge is 2.51. The van der Waals surface area contributed by atoms with Gasteiger partial charge < -0.3 is 24.3 Å². The quantitative estimate of drug-likeness (QED) is 0.765. The number of rotatable bonds is 4. The highest BCUT2D eigenvalue weighted by Crippen LogP contribution is 2.42. The molecule has 1 saturated carbocycles. The molecule has 2 heterocycles. The molecule has 7 heteroatoms. The van der Waals surface area contributed by atoms with Crippen molar-refractivity contribution in [2.45, 2.75) is 6.42 Å². The second kappa shape index (κ2) is 7.99. The predicted molar refractivity (Wildman–Crippen MR) is 107 cm³/mol. The summed E-state index contributed by atoms with van der Waals surface area (Å²) in [6.45, 7) is 6.37. The summed E-state index contributed by atoms with van der Waals surface area (Å²) < 4.78 is 5.46. The van der Waals surface area contributed by atoms with Gasteiger partial charge in [-0.3, -0.25) is 9.59 Å². The molecule has 7 nitrogen and oxygen atoms in total. The van der Waals surface area contributed by atoms with Crippen molar-refractivity contribution in [1.29, 1.82) is 0 Å². The van der Waals surface area contributed by atoms with Crippen LogP contribution in [0.25, 0.3) is 0 Å². The molecule has 0 radical (unpaired) electrons. The van der Waals surface area contributed by atoms with Gasteiger partial charge in [0.15, 0.2) is 0 Å². The van der Waals surface area contributed by atoms with Gasteiger partial charge in [0.05, 0.1) is 24.6 Å². The Labute approximate surface area is 166 Å². The molecule has 2 amide bonds. The molecule has 0 N–H and O–H groups in total. The van der Waals surface area contributed by atoms with Gasteiger partial charge >= 0.3 is 0 Å². The van der Waals surface area contributed by atoms with E-state index in [-0.39, 0.29) is 23.7 Å². The van der Waals surface area contributed by atoms with Crippen molar-refractivity contribution in [3.63, 3.8) is 0 Å². The van der Waals surface area contributed by atoms with E-state index in [0.29, 0.717) is 13.1 Å². The number of likely N-dealkylation sites (N-methyl/N-ethyl adjacent to an activating group) is 1. The zero-order valence-electron chi connectivity index (χ0n) is 16.8. The van der Waals surface area contributed by atoms with E-state index in [1.165, 1.54) is 0 Å². The number of hydrogen-bond acceptors (Lipinski definition) is 5. The first-order chi connectivity index (χ1) is 13.6. The van der Waals surface area contributed by atoms with E-state index in [1.54, 1.807) is 7.11 Å². The Balaban J connectivity index is 1.29. The molecule has 28 heavy (non-hydrogen) atoms. The molecular formula is C21H30N4O3. The maximum atomic E-state index is 12.9. The molecular weight excluding hydrogens is 356 g/mol. The first kappa shape index (κ1) is 19.1. The lowest BCUT2D eigenvalue weighted by Gasteiger charge is -2.37. The zero-order chi connectivity index (χ0) is 19.7. The number of anilines is 1. The lowest BCUT2D eigenvalue weighted by atomic mass is 10.2. The van der Waals surface area contributed by atoms with E-state index in [2.05, 4.69) is 22.9 Å². The Morgan fingerprint density at radius 3 is 1.96 bits per heavy atom. The average molecular weight is 386 g/mol. The summed E-state index contributed by atoms with van der Waals surface area (Å²) in [5.41, 5.74) is 1.08. The molecule has 0 spiro atoms. The smallest absolute Gasteiger partial charge is 0.226 e. The minimum absolute atomic E-state index is 0.0943. The van der Waals surface area contributed by atoms with Crippen LogP contribution in [0.15, 0.2) is 24.3 Å². The maximum Gasteiger partial charge on any atom is 0.226 e. The van der Waals surface area contributed by atoms with Gasteiger partial charge in [-0.1, -0.05) is 12.1 Å². The van der Waals surface area contributed by atoms with Crippen LogP contribution < -0.4 is 9.64 Å². The average Bonchev–Trinajstić information content (AvgIpc) is 3.54. The number of carbonyl (C=O) groups excluding carboxylic acids is 2. The number of benzene rings is 1. The summed E-state index contributed by atoms with van der Waals surface area (Å²) in [5.74, 6) is 1.00. The molecule has 2 saturated heterocycles. The van der Waals surface area contributed by atoms with Gasteiger partial charge in [0, 0.05) is 52.4 Å². The number of ether oxygens (including phenoxy) is 1. The summed E-state index contributed by atoms with van der Waals surface area (Å²) in [6, 6.07) is 7.99. The molecule has 1 aliphatic carbocycles. The van der Waals surface area contributed by atoms with Crippen LogP contribution >= 0.6 is 0 Å². The lowest BCUT2D eigenvalue weighted by molar-refractivity contribution is -0.139. The predicted octanol–water partition coefficient (Wildman–Crippen LogP) is 0.754.